The van der Waals surface area contributed by atoms with Crippen LogP contribution in [0, 0.1) is 6.92 Å². The Bertz CT molecular complexity index is 285. The van der Waals surface area contributed by atoms with Crippen LogP contribution in [0.2, 0.25) is 0 Å². The van der Waals surface area contributed by atoms with Gasteiger partial charge in [0.2, 0.25) is 0 Å². The van der Waals surface area contributed by atoms with Crippen LogP contribution < -0.4 is 0 Å². The van der Waals surface area contributed by atoms with Gasteiger partial charge in [0.25, 0.3) is 0 Å². The molecule has 1 atom stereocenters. The zero-order chi connectivity index (χ0) is 11.3. The van der Waals surface area contributed by atoms with Crippen LogP contribution >= 0.6 is 0 Å². The summed E-state index contributed by atoms with van der Waals surface area (Å²) in [5.41, 5.74) is 1.14. The molecule has 1 heterocycles. The van der Waals surface area contributed by atoms with Crippen molar-refractivity contribution in [2.45, 2.75) is 19.6 Å². The van der Waals surface area contributed by atoms with Crippen molar-refractivity contribution >= 4 is 0 Å². The second-order valence-electron chi connectivity index (χ2n) is 3.83. The SMILES string of the molecule is COCC(O)CN(C)Cc1occc1C. The minimum absolute atomic E-state index is 0.363. The van der Waals surface area contributed by atoms with Crippen LogP contribution in [0.25, 0.3) is 0 Å². The first-order valence-electron chi connectivity index (χ1n) is 5.02. The number of hydrogen-bond acceptors (Lipinski definition) is 4. The summed E-state index contributed by atoms with van der Waals surface area (Å²) >= 11 is 0. The lowest BCUT2D eigenvalue weighted by Crippen LogP contribution is -2.31. The number of methoxy groups -OCH3 is 1. The monoisotopic (exact) mass is 213 g/mol. The molecule has 0 amide bonds. The predicted molar refractivity (Wildman–Crippen MR) is 57.7 cm³/mol. The van der Waals surface area contributed by atoms with Gasteiger partial charge in [-0.05, 0) is 25.6 Å². The second kappa shape index (κ2) is 5.90. The molecule has 1 unspecified atom stereocenters. The van der Waals surface area contributed by atoms with E-state index in [9.17, 15) is 5.11 Å². The third kappa shape index (κ3) is 4.03. The van der Waals surface area contributed by atoms with Gasteiger partial charge in [-0.2, -0.15) is 0 Å². The lowest BCUT2D eigenvalue weighted by Gasteiger charge is -2.19. The van der Waals surface area contributed by atoms with Gasteiger partial charge in [-0.15, -0.1) is 0 Å². The van der Waals surface area contributed by atoms with E-state index in [1.165, 1.54) is 0 Å². The fourth-order valence-corrected chi connectivity index (χ4v) is 1.48. The first-order chi connectivity index (χ1) is 7.13. The molecule has 0 radical (unpaired) electrons. The van der Waals surface area contributed by atoms with Crippen LogP contribution in [0.4, 0.5) is 0 Å². The number of aliphatic hydroxyl groups is 1. The van der Waals surface area contributed by atoms with E-state index in [0.717, 1.165) is 11.3 Å². The third-order valence-corrected chi connectivity index (χ3v) is 2.26. The zero-order valence-electron chi connectivity index (χ0n) is 9.56. The van der Waals surface area contributed by atoms with Crippen LogP contribution in [0.3, 0.4) is 0 Å². The molecule has 0 spiro atoms. The van der Waals surface area contributed by atoms with Crippen molar-refractivity contribution in [3.63, 3.8) is 0 Å². The van der Waals surface area contributed by atoms with Gasteiger partial charge in [0, 0.05) is 13.7 Å². The number of furan rings is 1. The molecule has 86 valence electrons. The summed E-state index contributed by atoms with van der Waals surface area (Å²) in [4.78, 5) is 2.01. The van der Waals surface area contributed by atoms with E-state index < -0.39 is 6.10 Å². The van der Waals surface area contributed by atoms with Gasteiger partial charge in [-0.25, -0.2) is 0 Å². The van der Waals surface area contributed by atoms with Crippen molar-refractivity contribution in [2.75, 3.05) is 27.3 Å². The average molecular weight is 213 g/mol. The molecule has 0 aliphatic carbocycles. The number of aliphatic hydroxyl groups excluding tert-OH is 1. The average Bonchev–Trinajstić information content (AvgIpc) is 2.52. The minimum Gasteiger partial charge on any atom is -0.468 e. The molecule has 1 rings (SSSR count). The molecule has 1 N–H and O–H groups in total. The molecule has 1 aromatic rings. The highest BCUT2D eigenvalue weighted by Crippen LogP contribution is 2.10. The Hall–Kier alpha value is -0.840. The van der Waals surface area contributed by atoms with E-state index in [-0.39, 0.29) is 0 Å². The molecule has 0 aromatic carbocycles. The number of nitrogens with zero attached hydrogens (tertiary/aromatic N) is 1. The van der Waals surface area contributed by atoms with Crippen molar-refractivity contribution in [2.24, 2.45) is 0 Å². The normalized spacial score (nSPS) is 13.4. The molecular weight excluding hydrogens is 194 g/mol. The molecule has 0 saturated heterocycles. The van der Waals surface area contributed by atoms with Crippen LogP contribution in [0.15, 0.2) is 16.7 Å². The number of likely N-dealkylation sites (N-methyl/N-ethyl adjacent to an activating group) is 1. The Kier molecular flexibility index (Phi) is 4.81. The molecule has 0 bridgehead atoms. The van der Waals surface area contributed by atoms with Crippen molar-refractivity contribution in [3.8, 4) is 0 Å². The standard InChI is InChI=1S/C11H19NO3/c1-9-4-5-15-11(9)7-12(2)6-10(13)8-14-3/h4-5,10,13H,6-8H2,1-3H3. The highest BCUT2D eigenvalue weighted by molar-refractivity contribution is 5.14. The summed E-state index contributed by atoms with van der Waals surface area (Å²) < 4.78 is 10.2. The molecule has 0 aliphatic heterocycles. The fraction of sp³-hybridized carbons (Fsp3) is 0.636. The first kappa shape index (κ1) is 12.2. The smallest absolute Gasteiger partial charge is 0.120 e. The van der Waals surface area contributed by atoms with E-state index in [0.29, 0.717) is 19.7 Å². The van der Waals surface area contributed by atoms with E-state index in [1.807, 2.05) is 24.9 Å². The molecule has 0 saturated carbocycles. The van der Waals surface area contributed by atoms with Crippen molar-refractivity contribution in [3.05, 3.63) is 23.7 Å². The Morgan fingerprint density at radius 2 is 2.33 bits per heavy atom. The summed E-state index contributed by atoms with van der Waals surface area (Å²) in [5.74, 6) is 0.946. The summed E-state index contributed by atoms with van der Waals surface area (Å²) in [5, 5.41) is 9.52. The van der Waals surface area contributed by atoms with Crippen molar-refractivity contribution in [1.29, 1.82) is 0 Å². The van der Waals surface area contributed by atoms with Gasteiger partial charge in [0.1, 0.15) is 5.76 Å². The molecule has 1 aromatic heterocycles. The first-order valence-corrected chi connectivity index (χ1v) is 5.02. The van der Waals surface area contributed by atoms with Crippen LogP contribution in [-0.4, -0.2) is 43.4 Å². The van der Waals surface area contributed by atoms with Crippen LogP contribution in [0.1, 0.15) is 11.3 Å². The summed E-state index contributed by atoms with van der Waals surface area (Å²) in [7, 11) is 3.53. The maximum atomic E-state index is 9.52. The van der Waals surface area contributed by atoms with Gasteiger partial charge in [-0.3, -0.25) is 4.90 Å². The molecule has 4 heteroatoms. The quantitative estimate of drug-likeness (QED) is 0.766. The van der Waals surface area contributed by atoms with Crippen LogP contribution in [0.5, 0.6) is 0 Å². The van der Waals surface area contributed by atoms with E-state index in [2.05, 4.69) is 0 Å². The third-order valence-electron chi connectivity index (χ3n) is 2.26. The lowest BCUT2D eigenvalue weighted by atomic mass is 10.2. The molecule has 4 nitrogen and oxygen atoms in total. The second-order valence-corrected chi connectivity index (χ2v) is 3.83. The molecule has 0 aliphatic rings. The van der Waals surface area contributed by atoms with E-state index >= 15 is 0 Å². The van der Waals surface area contributed by atoms with Gasteiger partial charge in [0.05, 0.1) is 25.5 Å². The Morgan fingerprint density at radius 3 is 2.87 bits per heavy atom. The Morgan fingerprint density at radius 1 is 1.60 bits per heavy atom. The summed E-state index contributed by atoms with van der Waals surface area (Å²) in [6.07, 6.45) is 1.24. The van der Waals surface area contributed by atoms with Crippen molar-refractivity contribution in [1.82, 2.24) is 4.90 Å². The maximum absolute atomic E-state index is 9.52. The van der Waals surface area contributed by atoms with Gasteiger partial charge in [-0.1, -0.05) is 0 Å². The maximum Gasteiger partial charge on any atom is 0.120 e. The Balaban J connectivity index is 2.36. The number of ether oxygens (including phenoxy) is 1. The fourth-order valence-electron chi connectivity index (χ4n) is 1.48. The Labute approximate surface area is 90.4 Å². The molecule has 0 fully saturated rings. The number of aryl methyl sites for hydroxylation is 1. The largest absolute Gasteiger partial charge is 0.468 e. The number of hydrogen-bond donors (Lipinski definition) is 1. The molecular formula is C11H19NO3. The highest BCUT2D eigenvalue weighted by Gasteiger charge is 2.10. The number of rotatable bonds is 6. The van der Waals surface area contributed by atoms with E-state index in [4.69, 9.17) is 9.15 Å². The topological polar surface area (TPSA) is 45.8 Å². The summed E-state index contributed by atoms with van der Waals surface area (Å²) in [6.45, 7) is 3.66. The van der Waals surface area contributed by atoms with Gasteiger partial charge < -0.3 is 14.3 Å². The minimum atomic E-state index is -0.449. The van der Waals surface area contributed by atoms with Crippen LogP contribution in [-0.2, 0) is 11.3 Å². The van der Waals surface area contributed by atoms with Gasteiger partial charge in [0.15, 0.2) is 0 Å². The van der Waals surface area contributed by atoms with Crippen molar-refractivity contribution < 1.29 is 14.3 Å². The molecule has 15 heavy (non-hydrogen) atoms. The van der Waals surface area contributed by atoms with E-state index in [1.54, 1.807) is 13.4 Å². The highest BCUT2D eigenvalue weighted by atomic mass is 16.5. The lowest BCUT2D eigenvalue weighted by molar-refractivity contribution is 0.0406. The summed E-state index contributed by atoms with van der Waals surface area (Å²) in [6, 6.07) is 1.94. The zero-order valence-corrected chi connectivity index (χ0v) is 9.56. The predicted octanol–water partition coefficient (Wildman–Crippen LogP) is 1.03. The van der Waals surface area contributed by atoms with Gasteiger partial charge >= 0.3 is 0 Å².